The Bertz CT molecular complexity index is 518. The van der Waals surface area contributed by atoms with Crippen LogP contribution in [0, 0.1) is 6.92 Å². The minimum absolute atomic E-state index is 0.206. The van der Waals surface area contributed by atoms with E-state index in [0.29, 0.717) is 0 Å². The molecule has 0 aliphatic carbocycles. The zero-order valence-corrected chi connectivity index (χ0v) is 8.84. The lowest BCUT2D eigenvalue weighted by Gasteiger charge is -2.04. The maximum absolute atomic E-state index is 10.7. The Morgan fingerprint density at radius 2 is 1.94 bits per heavy atom. The Labute approximate surface area is 93.4 Å². The van der Waals surface area contributed by atoms with E-state index in [2.05, 4.69) is 4.98 Å². The molecule has 0 atom stereocenters. The van der Waals surface area contributed by atoms with Crippen molar-refractivity contribution in [2.75, 3.05) is 0 Å². The molecule has 3 heteroatoms. The molecule has 0 aliphatic heterocycles. The number of hydrogen-bond acceptors (Lipinski definition) is 2. The number of carbonyl (C=O) groups is 1. The average molecular weight is 213 g/mol. The highest BCUT2D eigenvalue weighted by Gasteiger charge is 2.05. The van der Waals surface area contributed by atoms with Crippen LogP contribution in [0.25, 0.3) is 11.3 Å². The topological polar surface area (TPSA) is 50.2 Å². The van der Waals surface area contributed by atoms with Crippen LogP contribution in [-0.2, 0) is 0 Å². The second kappa shape index (κ2) is 4.14. The minimum atomic E-state index is -0.955. The van der Waals surface area contributed by atoms with E-state index >= 15 is 0 Å². The molecule has 2 aromatic rings. The molecular formula is C13H11NO2. The van der Waals surface area contributed by atoms with Crippen LogP contribution in [0.15, 0.2) is 42.6 Å². The van der Waals surface area contributed by atoms with Crippen molar-refractivity contribution >= 4 is 5.97 Å². The van der Waals surface area contributed by atoms with Gasteiger partial charge in [0.2, 0.25) is 0 Å². The van der Waals surface area contributed by atoms with Gasteiger partial charge in [-0.2, -0.15) is 0 Å². The highest BCUT2D eigenvalue weighted by molar-refractivity contribution is 5.87. The first-order valence-electron chi connectivity index (χ1n) is 4.94. The maximum atomic E-state index is 10.7. The highest BCUT2D eigenvalue weighted by atomic mass is 16.4. The molecule has 1 heterocycles. The molecule has 0 spiro atoms. The second-order valence-corrected chi connectivity index (χ2v) is 3.55. The minimum Gasteiger partial charge on any atom is -0.478 e. The summed E-state index contributed by atoms with van der Waals surface area (Å²) < 4.78 is 0. The van der Waals surface area contributed by atoms with Crippen molar-refractivity contribution in [1.82, 2.24) is 4.98 Å². The van der Waals surface area contributed by atoms with Crippen LogP contribution in [0.2, 0.25) is 0 Å². The number of pyridine rings is 1. The number of aromatic nitrogens is 1. The molecule has 3 nitrogen and oxygen atoms in total. The monoisotopic (exact) mass is 213 g/mol. The predicted molar refractivity (Wildman–Crippen MR) is 61.4 cm³/mol. The fourth-order valence-electron chi connectivity index (χ4n) is 1.54. The molecule has 0 fully saturated rings. The van der Waals surface area contributed by atoms with Crippen molar-refractivity contribution in [3.63, 3.8) is 0 Å². The van der Waals surface area contributed by atoms with E-state index in [1.54, 1.807) is 12.1 Å². The number of aromatic carboxylic acids is 1. The Kier molecular flexibility index (Phi) is 2.68. The first kappa shape index (κ1) is 10.4. The molecule has 0 radical (unpaired) electrons. The van der Waals surface area contributed by atoms with Gasteiger partial charge >= 0.3 is 5.97 Å². The van der Waals surface area contributed by atoms with Crippen molar-refractivity contribution in [3.05, 3.63) is 53.7 Å². The van der Waals surface area contributed by atoms with E-state index in [1.165, 1.54) is 6.20 Å². The molecule has 1 N–H and O–H groups in total. The molecule has 0 saturated heterocycles. The quantitative estimate of drug-likeness (QED) is 0.834. The molecule has 0 unspecified atom stereocenters. The molecule has 0 aliphatic rings. The lowest BCUT2D eigenvalue weighted by molar-refractivity contribution is 0.0696. The first-order valence-corrected chi connectivity index (χ1v) is 4.94. The molecular weight excluding hydrogens is 202 g/mol. The maximum Gasteiger partial charge on any atom is 0.337 e. The third kappa shape index (κ3) is 1.93. The zero-order valence-electron chi connectivity index (χ0n) is 8.84. The van der Waals surface area contributed by atoms with Crippen LogP contribution in [0.4, 0.5) is 0 Å². The fraction of sp³-hybridized carbons (Fsp3) is 0.0769. The van der Waals surface area contributed by atoms with Crippen LogP contribution in [-0.4, -0.2) is 16.1 Å². The lowest BCUT2D eigenvalue weighted by atomic mass is 10.1. The molecule has 1 aromatic carbocycles. The van der Waals surface area contributed by atoms with Gasteiger partial charge in [-0.1, -0.05) is 24.3 Å². The van der Waals surface area contributed by atoms with Gasteiger partial charge in [-0.05, 0) is 24.6 Å². The summed E-state index contributed by atoms with van der Waals surface area (Å²) in [6.07, 6.45) is 1.38. The Balaban J connectivity index is 2.43. The Hall–Kier alpha value is -2.16. The van der Waals surface area contributed by atoms with E-state index in [-0.39, 0.29) is 5.56 Å². The smallest absolute Gasteiger partial charge is 0.337 e. The van der Waals surface area contributed by atoms with Gasteiger partial charge in [0, 0.05) is 11.8 Å². The van der Waals surface area contributed by atoms with E-state index < -0.39 is 5.97 Å². The second-order valence-electron chi connectivity index (χ2n) is 3.55. The van der Waals surface area contributed by atoms with Gasteiger partial charge in [0.1, 0.15) is 0 Å². The van der Waals surface area contributed by atoms with Gasteiger partial charge in [-0.3, -0.25) is 4.98 Å². The van der Waals surface area contributed by atoms with Crippen LogP contribution in [0.1, 0.15) is 15.9 Å². The number of hydrogen-bond donors (Lipinski definition) is 1. The fourth-order valence-corrected chi connectivity index (χ4v) is 1.54. The van der Waals surface area contributed by atoms with Crippen LogP contribution >= 0.6 is 0 Å². The van der Waals surface area contributed by atoms with E-state index in [9.17, 15) is 4.79 Å². The van der Waals surface area contributed by atoms with Crippen LogP contribution in [0.3, 0.4) is 0 Å². The van der Waals surface area contributed by atoms with Gasteiger partial charge in [0.15, 0.2) is 0 Å². The third-order valence-corrected chi connectivity index (χ3v) is 2.43. The van der Waals surface area contributed by atoms with E-state index in [1.807, 2.05) is 31.2 Å². The summed E-state index contributed by atoms with van der Waals surface area (Å²) >= 11 is 0. The first-order chi connectivity index (χ1) is 7.68. The summed E-state index contributed by atoms with van der Waals surface area (Å²) in [5.41, 5.74) is 3.15. The number of nitrogens with zero attached hydrogens (tertiary/aromatic N) is 1. The standard InChI is InChI=1S/C13H11NO2/c1-9-4-2-3-5-11(9)12-7-6-10(8-14-12)13(15)16/h2-8H,1H3,(H,15,16). The zero-order chi connectivity index (χ0) is 11.5. The molecule has 80 valence electrons. The summed E-state index contributed by atoms with van der Waals surface area (Å²) in [4.78, 5) is 14.8. The Morgan fingerprint density at radius 1 is 1.19 bits per heavy atom. The van der Waals surface area contributed by atoms with Crippen molar-refractivity contribution in [2.45, 2.75) is 6.92 Å². The van der Waals surface area contributed by atoms with Gasteiger partial charge in [0.05, 0.1) is 11.3 Å². The van der Waals surface area contributed by atoms with Crippen LogP contribution < -0.4 is 0 Å². The van der Waals surface area contributed by atoms with Crippen molar-refractivity contribution < 1.29 is 9.90 Å². The summed E-state index contributed by atoms with van der Waals surface area (Å²) in [6, 6.07) is 11.2. The molecule has 2 rings (SSSR count). The number of carboxylic acids is 1. The van der Waals surface area contributed by atoms with Gasteiger partial charge in [-0.15, -0.1) is 0 Å². The van der Waals surface area contributed by atoms with Crippen LogP contribution in [0.5, 0.6) is 0 Å². The van der Waals surface area contributed by atoms with Crippen molar-refractivity contribution in [2.24, 2.45) is 0 Å². The van der Waals surface area contributed by atoms with E-state index in [0.717, 1.165) is 16.8 Å². The normalized spacial score (nSPS) is 10.1. The Morgan fingerprint density at radius 3 is 2.50 bits per heavy atom. The van der Waals surface area contributed by atoms with Gasteiger partial charge in [0.25, 0.3) is 0 Å². The highest BCUT2D eigenvalue weighted by Crippen LogP contribution is 2.20. The number of rotatable bonds is 2. The third-order valence-electron chi connectivity index (χ3n) is 2.43. The number of carboxylic acid groups (broad SMARTS) is 1. The van der Waals surface area contributed by atoms with Gasteiger partial charge < -0.3 is 5.11 Å². The van der Waals surface area contributed by atoms with Gasteiger partial charge in [-0.25, -0.2) is 4.79 Å². The molecule has 1 aromatic heterocycles. The molecule has 0 amide bonds. The van der Waals surface area contributed by atoms with Crippen molar-refractivity contribution in [1.29, 1.82) is 0 Å². The molecule has 0 saturated carbocycles. The number of aryl methyl sites for hydroxylation is 1. The average Bonchev–Trinajstić information content (AvgIpc) is 2.30. The summed E-state index contributed by atoms with van der Waals surface area (Å²) in [5.74, 6) is -0.955. The predicted octanol–water partition coefficient (Wildman–Crippen LogP) is 2.76. The molecule has 16 heavy (non-hydrogen) atoms. The SMILES string of the molecule is Cc1ccccc1-c1ccc(C(=O)O)cn1. The van der Waals surface area contributed by atoms with E-state index in [4.69, 9.17) is 5.11 Å². The largest absolute Gasteiger partial charge is 0.478 e. The lowest BCUT2D eigenvalue weighted by Crippen LogP contribution is -1.97. The summed E-state index contributed by atoms with van der Waals surface area (Å²) in [5, 5.41) is 8.76. The molecule has 0 bridgehead atoms. The summed E-state index contributed by atoms with van der Waals surface area (Å²) in [6.45, 7) is 2.00. The summed E-state index contributed by atoms with van der Waals surface area (Å²) in [7, 11) is 0. The number of benzene rings is 1. The van der Waals surface area contributed by atoms with Crippen molar-refractivity contribution in [3.8, 4) is 11.3 Å².